The maximum Gasteiger partial charge on any atom is 0.255 e. The molecular formula is C26H28Br2N8O. The van der Waals surface area contributed by atoms with Gasteiger partial charge < -0.3 is 44.8 Å². The zero-order valence-electron chi connectivity index (χ0n) is 20.3. The fourth-order valence-corrected chi connectivity index (χ4v) is 3.59. The fraction of sp³-hybridized carbons (Fsp3) is 0.0769. The van der Waals surface area contributed by atoms with Gasteiger partial charge in [0, 0.05) is 34.8 Å². The molecule has 0 fully saturated rings. The number of nitrogens with zero attached hydrogens (tertiary/aromatic N) is 3. The Bertz CT molecular complexity index is 1450. The van der Waals surface area contributed by atoms with Gasteiger partial charge in [0.15, 0.2) is 6.20 Å². The van der Waals surface area contributed by atoms with E-state index in [2.05, 4.69) is 20.8 Å². The molecule has 9 nitrogen and oxygen atoms in total. The van der Waals surface area contributed by atoms with E-state index in [9.17, 15) is 4.79 Å². The van der Waals surface area contributed by atoms with Crippen LogP contribution in [0.4, 0.5) is 22.7 Å². The van der Waals surface area contributed by atoms with E-state index >= 15 is 0 Å². The molecule has 0 spiro atoms. The van der Waals surface area contributed by atoms with Gasteiger partial charge >= 0.3 is 0 Å². The summed E-state index contributed by atoms with van der Waals surface area (Å²) in [4.78, 5) is 12.7. The van der Waals surface area contributed by atoms with E-state index in [1.165, 1.54) is 0 Å². The average molecular weight is 628 g/mol. The SMILES string of the molecule is Br.C/C(=N\N=C(N)N)c1ccc(NC(=O)c2ccc(Nc3cc[n+](C)c4ccc(N)cc34)cc2)cc1.[Br-]. The molecule has 0 unspecified atom stereocenters. The van der Waals surface area contributed by atoms with Gasteiger partial charge in [0.05, 0.1) is 16.8 Å². The van der Waals surface area contributed by atoms with Gasteiger partial charge in [-0.1, -0.05) is 12.1 Å². The summed E-state index contributed by atoms with van der Waals surface area (Å²) in [6.07, 6.45) is 1.99. The zero-order chi connectivity index (χ0) is 24.9. The van der Waals surface area contributed by atoms with Crippen molar-refractivity contribution in [1.82, 2.24) is 0 Å². The van der Waals surface area contributed by atoms with Crippen molar-refractivity contribution in [2.45, 2.75) is 6.92 Å². The van der Waals surface area contributed by atoms with Crippen LogP contribution >= 0.6 is 17.0 Å². The van der Waals surface area contributed by atoms with Crippen LogP contribution in [0, 0.1) is 0 Å². The Balaban J connectivity index is 0.00000241. The van der Waals surface area contributed by atoms with Crippen molar-refractivity contribution in [2.24, 2.45) is 28.7 Å². The van der Waals surface area contributed by atoms with Gasteiger partial charge in [0.1, 0.15) is 7.05 Å². The van der Waals surface area contributed by atoms with Crippen molar-refractivity contribution in [3.05, 3.63) is 90.1 Å². The number of anilines is 4. The number of nitrogens with two attached hydrogens (primary N) is 3. The Hall–Kier alpha value is -3.96. The van der Waals surface area contributed by atoms with E-state index in [-0.39, 0.29) is 45.8 Å². The molecule has 0 aliphatic rings. The summed E-state index contributed by atoms with van der Waals surface area (Å²) in [6, 6.07) is 22.4. The Morgan fingerprint density at radius 3 is 2.14 bits per heavy atom. The lowest BCUT2D eigenvalue weighted by Crippen LogP contribution is -3.00. The molecule has 4 aromatic rings. The molecule has 0 aliphatic heterocycles. The van der Waals surface area contributed by atoms with Crippen molar-refractivity contribution < 1.29 is 26.3 Å². The number of nitrogen functional groups attached to an aromatic ring is 1. The summed E-state index contributed by atoms with van der Waals surface area (Å²) >= 11 is 0. The lowest BCUT2D eigenvalue weighted by atomic mass is 10.1. The number of aromatic nitrogens is 1. The van der Waals surface area contributed by atoms with Gasteiger partial charge in [0.2, 0.25) is 11.5 Å². The number of nitrogens with one attached hydrogen (secondary N) is 2. The van der Waals surface area contributed by atoms with Crippen LogP contribution in [0.2, 0.25) is 0 Å². The molecule has 0 atom stereocenters. The van der Waals surface area contributed by atoms with E-state index < -0.39 is 0 Å². The largest absolute Gasteiger partial charge is 1.00 e. The smallest absolute Gasteiger partial charge is 0.255 e. The number of aryl methyl sites for hydroxylation is 1. The highest BCUT2D eigenvalue weighted by atomic mass is 79.9. The normalized spacial score (nSPS) is 10.6. The summed E-state index contributed by atoms with van der Waals surface area (Å²) in [5.74, 6) is -0.314. The summed E-state index contributed by atoms with van der Waals surface area (Å²) in [6.45, 7) is 1.79. The maximum atomic E-state index is 12.7. The van der Waals surface area contributed by atoms with Gasteiger partial charge in [-0.25, -0.2) is 4.57 Å². The van der Waals surface area contributed by atoms with Crippen LogP contribution in [0.15, 0.2) is 89.2 Å². The molecule has 1 amide bonds. The third-order valence-corrected chi connectivity index (χ3v) is 5.46. The van der Waals surface area contributed by atoms with E-state index in [0.717, 1.165) is 27.8 Å². The summed E-state index contributed by atoms with van der Waals surface area (Å²) in [5.41, 5.74) is 22.8. The first-order valence-corrected chi connectivity index (χ1v) is 10.9. The number of halogens is 2. The van der Waals surface area contributed by atoms with Crippen LogP contribution in [-0.2, 0) is 7.05 Å². The Morgan fingerprint density at radius 1 is 0.865 bits per heavy atom. The third kappa shape index (κ3) is 7.28. The molecule has 0 aliphatic carbocycles. The Kier molecular flexibility index (Phi) is 10.2. The number of pyridine rings is 1. The van der Waals surface area contributed by atoms with Crippen molar-refractivity contribution in [1.29, 1.82) is 0 Å². The predicted octanol–water partition coefficient (Wildman–Crippen LogP) is 0.822. The van der Waals surface area contributed by atoms with Crippen LogP contribution in [0.3, 0.4) is 0 Å². The average Bonchev–Trinajstić information content (AvgIpc) is 2.85. The molecule has 0 saturated carbocycles. The number of rotatable bonds is 6. The second-order valence-electron chi connectivity index (χ2n) is 8.06. The van der Waals surface area contributed by atoms with Gasteiger partial charge in [-0.2, -0.15) is 5.10 Å². The number of carbonyl (C=O) groups excluding carboxylic acids is 1. The standard InChI is InChI=1S/C26H26N8O.2BrH/c1-16(32-33-26(28)29)17-3-8-21(9-4-17)31-25(35)18-5-10-20(11-6-18)30-23-13-14-34(2)24-12-7-19(27)15-22(23)24;;/h3-15H,27H2,1-2H3,(H5,28,29,31,32,33,35);2*1H. The van der Waals surface area contributed by atoms with E-state index in [1.54, 1.807) is 31.2 Å². The first kappa shape index (κ1) is 29.3. The number of hydrogen-bond donors (Lipinski definition) is 5. The first-order valence-electron chi connectivity index (χ1n) is 10.9. The number of benzene rings is 3. The molecular weight excluding hydrogens is 600 g/mol. The Morgan fingerprint density at radius 2 is 1.49 bits per heavy atom. The molecule has 1 heterocycles. The zero-order valence-corrected chi connectivity index (χ0v) is 23.6. The highest BCUT2D eigenvalue weighted by Crippen LogP contribution is 2.26. The number of hydrogen-bond acceptors (Lipinski definition) is 5. The van der Waals surface area contributed by atoms with Crippen molar-refractivity contribution in [3.63, 3.8) is 0 Å². The molecule has 11 heteroatoms. The monoisotopic (exact) mass is 626 g/mol. The van der Waals surface area contributed by atoms with E-state index in [1.807, 2.05) is 66.3 Å². The van der Waals surface area contributed by atoms with E-state index in [4.69, 9.17) is 17.2 Å². The van der Waals surface area contributed by atoms with Gasteiger partial charge in [0.25, 0.3) is 5.91 Å². The topological polar surface area (TPSA) is 148 Å². The lowest BCUT2D eigenvalue weighted by molar-refractivity contribution is -0.644. The van der Waals surface area contributed by atoms with Gasteiger partial charge in [-0.05, 0) is 61.0 Å². The van der Waals surface area contributed by atoms with E-state index in [0.29, 0.717) is 22.6 Å². The Labute approximate surface area is 236 Å². The predicted molar refractivity (Wildman–Crippen MR) is 152 cm³/mol. The van der Waals surface area contributed by atoms with Gasteiger partial charge in [-0.15, -0.1) is 22.1 Å². The second kappa shape index (κ2) is 12.8. The summed E-state index contributed by atoms with van der Waals surface area (Å²) < 4.78 is 2.04. The molecule has 192 valence electrons. The first-order chi connectivity index (χ1) is 16.8. The minimum atomic E-state index is -0.208. The minimum absolute atomic E-state index is 0. The quantitative estimate of drug-likeness (QED) is 0.0706. The number of amides is 1. The third-order valence-electron chi connectivity index (χ3n) is 5.46. The van der Waals surface area contributed by atoms with Crippen molar-refractivity contribution in [3.8, 4) is 0 Å². The molecule has 3 aromatic carbocycles. The lowest BCUT2D eigenvalue weighted by Gasteiger charge is -2.10. The molecule has 8 N–H and O–H groups in total. The van der Waals surface area contributed by atoms with Crippen LogP contribution in [0.25, 0.3) is 10.9 Å². The molecule has 4 rings (SSSR count). The van der Waals surface area contributed by atoms with Crippen LogP contribution < -0.4 is 49.4 Å². The number of guanidine groups is 1. The molecule has 37 heavy (non-hydrogen) atoms. The summed E-state index contributed by atoms with van der Waals surface area (Å²) in [5, 5.41) is 14.9. The molecule has 0 saturated heterocycles. The van der Waals surface area contributed by atoms with Crippen molar-refractivity contribution in [2.75, 3.05) is 16.4 Å². The van der Waals surface area contributed by atoms with Gasteiger partial charge in [-0.3, -0.25) is 4.79 Å². The van der Waals surface area contributed by atoms with Crippen LogP contribution in [-0.4, -0.2) is 17.6 Å². The highest BCUT2D eigenvalue weighted by Gasteiger charge is 2.11. The second-order valence-corrected chi connectivity index (χ2v) is 8.06. The number of carbonyl (C=O) groups is 1. The minimum Gasteiger partial charge on any atom is -1.00 e. The highest BCUT2D eigenvalue weighted by molar-refractivity contribution is 8.93. The summed E-state index contributed by atoms with van der Waals surface area (Å²) in [7, 11) is 1.99. The van der Waals surface area contributed by atoms with Crippen LogP contribution in [0.5, 0.6) is 0 Å². The fourth-order valence-electron chi connectivity index (χ4n) is 3.59. The molecule has 0 radical (unpaired) electrons. The molecule has 0 bridgehead atoms. The van der Waals surface area contributed by atoms with Crippen molar-refractivity contribution >= 4 is 68.2 Å². The van der Waals surface area contributed by atoms with Crippen LogP contribution in [0.1, 0.15) is 22.8 Å². The number of fused-ring (bicyclic) bond motifs is 1. The maximum absolute atomic E-state index is 12.7. The molecule has 1 aromatic heterocycles.